The van der Waals surface area contributed by atoms with Gasteiger partial charge in [0, 0.05) is 12.1 Å². The highest BCUT2D eigenvalue weighted by atomic mass is 80.0. The van der Waals surface area contributed by atoms with Crippen LogP contribution in [0.5, 0.6) is 0 Å². The smallest absolute Gasteiger partial charge is 0.252 e. The summed E-state index contributed by atoms with van der Waals surface area (Å²) in [7, 11) is 0. The third-order valence-electron chi connectivity index (χ3n) is 3.27. The number of hydrogen-bond acceptors (Lipinski definition) is 2. The van der Waals surface area contributed by atoms with Crippen LogP contribution < -0.4 is 10.6 Å². The monoisotopic (exact) mass is 502 g/mol. The molecule has 0 aliphatic rings. The first-order valence-corrected chi connectivity index (χ1v) is 9.46. The predicted molar refractivity (Wildman–Crippen MR) is 105 cm³/mol. The molecule has 6 heteroatoms. The third-order valence-corrected chi connectivity index (χ3v) is 4.64. The predicted octanol–water partition coefficient (Wildman–Crippen LogP) is 4.68. The zero-order chi connectivity index (χ0) is 16.9. The molecule has 0 saturated carbocycles. The van der Waals surface area contributed by atoms with Crippen molar-refractivity contribution < 1.29 is 4.79 Å². The topological polar surface area (TPSA) is 41.1 Å². The van der Waals surface area contributed by atoms with Crippen LogP contribution in [0.4, 0.5) is 0 Å². The number of aryl methyl sites for hydroxylation is 1. The van der Waals surface area contributed by atoms with Gasteiger partial charge in [0.2, 0.25) is 0 Å². The number of carbonyl (C=O) groups is 1. The van der Waals surface area contributed by atoms with Gasteiger partial charge in [-0.15, -0.1) is 0 Å². The Labute approximate surface area is 161 Å². The van der Waals surface area contributed by atoms with E-state index in [0.717, 1.165) is 11.1 Å². The van der Waals surface area contributed by atoms with E-state index < -0.39 is 2.14 Å². The molecule has 0 saturated heterocycles. The summed E-state index contributed by atoms with van der Waals surface area (Å²) in [5.41, 5.74) is 2.88. The molecule has 0 unspecified atom stereocenters. The summed E-state index contributed by atoms with van der Waals surface area (Å²) in [6, 6.07) is 17.5. The Balaban J connectivity index is 2.04. The van der Waals surface area contributed by atoms with Crippen molar-refractivity contribution in [1.29, 1.82) is 0 Å². The maximum Gasteiger partial charge on any atom is 0.252 e. The largest absolute Gasteiger partial charge is 0.334 e. The molecule has 0 radical (unpaired) electrons. The Kier molecular flexibility index (Phi) is 6.83. The number of halogens is 3. The van der Waals surface area contributed by atoms with Crippen LogP contribution in [0.2, 0.25) is 0 Å². The summed E-state index contributed by atoms with van der Waals surface area (Å²) in [5.74, 6) is -0.140. The molecule has 122 valence electrons. The van der Waals surface area contributed by atoms with Crippen LogP contribution in [-0.4, -0.2) is 14.2 Å². The van der Waals surface area contributed by atoms with E-state index in [1.807, 2.05) is 61.5 Å². The molecule has 0 fully saturated rings. The standard InChI is InChI=1S/C17H17Br3N2O/c1-12-7-9-14(10-8-12)15(23)22-16(17(18,19)20)21-11-13-5-3-2-4-6-13/h2-10,16,21H,11H2,1H3,(H,22,23)/t16-/m0/s1. The summed E-state index contributed by atoms with van der Waals surface area (Å²) in [4.78, 5) is 12.4. The first-order chi connectivity index (χ1) is 10.9. The number of benzene rings is 2. The van der Waals surface area contributed by atoms with Crippen molar-refractivity contribution >= 4 is 53.7 Å². The molecule has 1 amide bonds. The zero-order valence-corrected chi connectivity index (χ0v) is 17.3. The second kappa shape index (κ2) is 8.42. The second-order valence-electron chi connectivity index (χ2n) is 5.18. The highest BCUT2D eigenvalue weighted by Gasteiger charge is 2.32. The fourth-order valence-electron chi connectivity index (χ4n) is 1.98. The first kappa shape index (κ1) is 18.6. The van der Waals surface area contributed by atoms with Crippen molar-refractivity contribution in [1.82, 2.24) is 10.6 Å². The van der Waals surface area contributed by atoms with Gasteiger partial charge in [-0.05, 0) is 24.6 Å². The molecule has 23 heavy (non-hydrogen) atoms. The summed E-state index contributed by atoms with van der Waals surface area (Å²) in [6.07, 6.45) is -0.364. The van der Waals surface area contributed by atoms with Gasteiger partial charge in [0.05, 0.1) is 0 Å². The van der Waals surface area contributed by atoms with Crippen molar-refractivity contribution in [2.45, 2.75) is 21.8 Å². The van der Waals surface area contributed by atoms with Crippen LogP contribution in [0.1, 0.15) is 21.5 Å². The Hall–Kier alpha value is -0.690. The molecule has 0 bridgehead atoms. The van der Waals surface area contributed by atoms with Gasteiger partial charge in [-0.25, -0.2) is 0 Å². The van der Waals surface area contributed by atoms with Crippen LogP contribution in [0.3, 0.4) is 0 Å². The molecule has 0 spiro atoms. The van der Waals surface area contributed by atoms with Crippen molar-refractivity contribution in [3.8, 4) is 0 Å². The molecule has 2 aromatic carbocycles. The molecule has 2 N–H and O–H groups in total. The number of rotatable bonds is 5. The van der Waals surface area contributed by atoms with Gasteiger partial charge in [0.15, 0.2) is 2.14 Å². The summed E-state index contributed by atoms with van der Waals surface area (Å²) in [5, 5.41) is 6.29. The lowest BCUT2D eigenvalue weighted by molar-refractivity contribution is 0.0931. The Morgan fingerprint density at radius 1 is 1.04 bits per heavy atom. The van der Waals surface area contributed by atoms with Crippen LogP contribution in [0.15, 0.2) is 54.6 Å². The third kappa shape index (κ3) is 6.03. The average molecular weight is 505 g/mol. The number of carbonyl (C=O) groups excluding carboxylic acids is 1. The van der Waals surface area contributed by atoms with E-state index in [-0.39, 0.29) is 12.1 Å². The van der Waals surface area contributed by atoms with Gasteiger partial charge in [-0.3, -0.25) is 10.1 Å². The SMILES string of the molecule is Cc1ccc(C(=O)N[C@H](NCc2ccccc2)C(Br)(Br)Br)cc1. The minimum Gasteiger partial charge on any atom is -0.334 e. The highest BCUT2D eigenvalue weighted by Crippen LogP contribution is 2.36. The van der Waals surface area contributed by atoms with Crippen molar-refractivity contribution in [3.05, 3.63) is 71.3 Å². The Morgan fingerprint density at radius 2 is 1.65 bits per heavy atom. The lowest BCUT2D eigenvalue weighted by Crippen LogP contribution is -2.52. The van der Waals surface area contributed by atoms with Gasteiger partial charge in [-0.2, -0.15) is 0 Å². The van der Waals surface area contributed by atoms with Crippen molar-refractivity contribution in [2.75, 3.05) is 0 Å². The summed E-state index contributed by atoms with van der Waals surface area (Å²) < 4.78 is -0.651. The number of nitrogens with one attached hydrogen (secondary N) is 2. The van der Waals surface area contributed by atoms with Gasteiger partial charge in [-0.1, -0.05) is 95.8 Å². The Morgan fingerprint density at radius 3 is 2.22 bits per heavy atom. The molecule has 0 aromatic heterocycles. The zero-order valence-electron chi connectivity index (χ0n) is 12.5. The second-order valence-corrected chi connectivity index (χ2v) is 12.1. The van der Waals surface area contributed by atoms with E-state index in [1.54, 1.807) is 0 Å². The maximum absolute atomic E-state index is 12.4. The average Bonchev–Trinajstić information content (AvgIpc) is 2.51. The van der Waals surface area contributed by atoms with Gasteiger partial charge in [0.1, 0.15) is 6.17 Å². The number of hydrogen-bond donors (Lipinski definition) is 2. The summed E-state index contributed by atoms with van der Waals surface area (Å²) in [6.45, 7) is 2.62. The van der Waals surface area contributed by atoms with Gasteiger partial charge in [0.25, 0.3) is 5.91 Å². The van der Waals surface area contributed by atoms with Crippen LogP contribution >= 0.6 is 47.8 Å². The van der Waals surface area contributed by atoms with Crippen molar-refractivity contribution in [2.24, 2.45) is 0 Å². The molecule has 0 aliphatic heterocycles. The molecule has 2 aromatic rings. The van der Waals surface area contributed by atoms with E-state index in [2.05, 4.69) is 58.4 Å². The molecule has 1 atom stereocenters. The molecule has 0 aliphatic carbocycles. The molecule has 3 nitrogen and oxygen atoms in total. The number of amides is 1. The van der Waals surface area contributed by atoms with Crippen LogP contribution in [0.25, 0.3) is 0 Å². The van der Waals surface area contributed by atoms with E-state index >= 15 is 0 Å². The lowest BCUT2D eigenvalue weighted by Gasteiger charge is -2.28. The van der Waals surface area contributed by atoms with Crippen LogP contribution in [-0.2, 0) is 6.54 Å². The maximum atomic E-state index is 12.4. The normalized spacial score (nSPS) is 12.7. The highest BCUT2D eigenvalue weighted by molar-refractivity contribution is 9.39. The summed E-state index contributed by atoms with van der Waals surface area (Å²) >= 11 is 10.5. The minimum absolute atomic E-state index is 0.140. The van der Waals surface area contributed by atoms with E-state index in [0.29, 0.717) is 12.1 Å². The first-order valence-electron chi connectivity index (χ1n) is 7.08. The fourth-order valence-corrected chi connectivity index (χ4v) is 2.81. The van der Waals surface area contributed by atoms with E-state index in [9.17, 15) is 4.79 Å². The quantitative estimate of drug-likeness (QED) is 0.458. The molecular weight excluding hydrogens is 488 g/mol. The van der Waals surface area contributed by atoms with Crippen LogP contribution in [0, 0.1) is 6.92 Å². The minimum atomic E-state index is -0.651. The molecule has 2 rings (SSSR count). The van der Waals surface area contributed by atoms with Gasteiger partial charge >= 0.3 is 0 Å². The molecule has 0 heterocycles. The van der Waals surface area contributed by atoms with Gasteiger partial charge < -0.3 is 5.32 Å². The van der Waals surface area contributed by atoms with Crippen molar-refractivity contribution in [3.63, 3.8) is 0 Å². The van der Waals surface area contributed by atoms with E-state index in [4.69, 9.17) is 0 Å². The lowest BCUT2D eigenvalue weighted by atomic mass is 10.1. The fraction of sp³-hybridized carbons (Fsp3) is 0.235. The number of alkyl halides is 3. The Bertz CT molecular complexity index is 639. The molecular formula is C17H17Br3N2O. The van der Waals surface area contributed by atoms with E-state index in [1.165, 1.54) is 0 Å².